The molecular formula is C19H20ClN5O. The molecule has 1 aromatic carbocycles. The number of aromatic nitrogens is 3. The lowest BCUT2D eigenvalue weighted by Gasteiger charge is -2.34. The van der Waals surface area contributed by atoms with Gasteiger partial charge in [0.1, 0.15) is 5.82 Å². The number of nitrogens with zero attached hydrogens (tertiary/aromatic N) is 4. The zero-order valence-corrected chi connectivity index (χ0v) is 15.3. The monoisotopic (exact) mass is 369 g/mol. The van der Waals surface area contributed by atoms with Crippen LogP contribution in [0.3, 0.4) is 0 Å². The maximum atomic E-state index is 12.4. The zero-order chi connectivity index (χ0) is 18.1. The van der Waals surface area contributed by atoms with Crippen LogP contribution in [0.4, 0.5) is 5.82 Å². The first-order chi connectivity index (χ1) is 12.6. The number of carbonyl (C=O) groups excluding carboxylic acids is 1. The summed E-state index contributed by atoms with van der Waals surface area (Å²) in [4.78, 5) is 19.3. The Hall–Kier alpha value is -2.60. The van der Waals surface area contributed by atoms with Crippen molar-refractivity contribution in [3.8, 4) is 0 Å². The molecule has 1 fully saturated rings. The number of piperidine rings is 1. The van der Waals surface area contributed by atoms with Gasteiger partial charge in [-0.3, -0.25) is 9.48 Å². The number of anilines is 1. The number of hydrogen-bond acceptors (Lipinski definition) is 4. The summed E-state index contributed by atoms with van der Waals surface area (Å²) in [5.41, 5.74) is 1.51. The molecule has 3 heterocycles. The van der Waals surface area contributed by atoms with E-state index in [1.54, 1.807) is 24.1 Å². The Balaban J connectivity index is 1.48. The molecule has 2 aromatic heterocycles. The van der Waals surface area contributed by atoms with E-state index >= 15 is 0 Å². The largest absolute Gasteiger partial charge is 0.355 e. The van der Waals surface area contributed by atoms with Crippen molar-refractivity contribution in [3.63, 3.8) is 0 Å². The molecule has 1 unspecified atom stereocenters. The van der Waals surface area contributed by atoms with Crippen molar-refractivity contribution in [3.05, 3.63) is 53.3 Å². The van der Waals surface area contributed by atoms with E-state index in [4.69, 9.17) is 16.6 Å². The average Bonchev–Trinajstić information content (AvgIpc) is 3.08. The lowest BCUT2D eigenvalue weighted by Crippen LogP contribution is -2.48. The molecule has 0 spiro atoms. The lowest BCUT2D eigenvalue weighted by molar-refractivity contribution is 0.0933. The van der Waals surface area contributed by atoms with E-state index in [0.717, 1.165) is 42.7 Å². The maximum Gasteiger partial charge on any atom is 0.254 e. The minimum Gasteiger partial charge on any atom is -0.355 e. The summed E-state index contributed by atoms with van der Waals surface area (Å²) >= 11 is 6.04. The molecular weight excluding hydrogens is 350 g/mol. The van der Waals surface area contributed by atoms with Gasteiger partial charge in [-0.1, -0.05) is 11.6 Å². The number of benzene rings is 1. The van der Waals surface area contributed by atoms with Crippen LogP contribution < -0.4 is 10.2 Å². The number of aryl methyl sites for hydroxylation is 1. The summed E-state index contributed by atoms with van der Waals surface area (Å²) in [6.07, 6.45) is 5.29. The number of rotatable bonds is 3. The second kappa shape index (κ2) is 6.96. The van der Waals surface area contributed by atoms with Gasteiger partial charge in [0.25, 0.3) is 5.91 Å². The van der Waals surface area contributed by atoms with E-state index < -0.39 is 0 Å². The van der Waals surface area contributed by atoms with Crippen LogP contribution in [0, 0.1) is 0 Å². The second-order valence-electron chi connectivity index (χ2n) is 6.67. The Kier molecular flexibility index (Phi) is 4.51. The highest BCUT2D eigenvalue weighted by Gasteiger charge is 2.23. The first-order valence-electron chi connectivity index (χ1n) is 8.69. The Morgan fingerprint density at radius 1 is 1.31 bits per heavy atom. The fourth-order valence-electron chi connectivity index (χ4n) is 3.37. The summed E-state index contributed by atoms with van der Waals surface area (Å²) in [7, 11) is 1.80. The molecule has 26 heavy (non-hydrogen) atoms. The molecule has 0 aliphatic carbocycles. The summed E-state index contributed by atoms with van der Waals surface area (Å²) < 4.78 is 1.63. The molecule has 6 nitrogen and oxygen atoms in total. The van der Waals surface area contributed by atoms with Gasteiger partial charge in [0.2, 0.25) is 0 Å². The van der Waals surface area contributed by atoms with Gasteiger partial charge in [-0.25, -0.2) is 4.98 Å². The van der Waals surface area contributed by atoms with Crippen LogP contribution in [0.2, 0.25) is 5.02 Å². The van der Waals surface area contributed by atoms with E-state index in [9.17, 15) is 4.79 Å². The fourth-order valence-corrected chi connectivity index (χ4v) is 3.55. The lowest BCUT2D eigenvalue weighted by atomic mass is 10.1. The Bertz CT molecular complexity index is 954. The van der Waals surface area contributed by atoms with Crippen molar-refractivity contribution < 1.29 is 4.79 Å². The van der Waals surface area contributed by atoms with Crippen molar-refractivity contribution in [2.24, 2.45) is 7.05 Å². The van der Waals surface area contributed by atoms with Gasteiger partial charge in [0, 0.05) is 42.8 Å². The smallest absolute Gasteiger partial charge is 0.254 e. The predicted octanol–water partition coefficient (Wildman–Crippen LogP) is 3.02. The van der Waals surface area contributed by atoms with Gasteiger partial charge < -0.3 is 10.2 Å². The van der Waals surface area contributed by atoms with Crippen molar-refractivity contribution in [1.82, 2.24) is 20.1 Å². The SMILES string of the molecule is Cn1cc(C(=O)NC2CCCN(c3ccc4cc(Cl)ccc4n3)C2)cn1. The first-order valence-corrected chi connectivity index (χ1v) is 9.07. The zero-order valence-electron chi connectivity index (χ0n) is 14.5. The molecule has 0 bridgehead atoms. The van der Waals surface area contributed by atoms with Gasteiger partial charge in [0.05, 0.1) is 17.3 Å². The minimum atomic E-state index is -0.0777. The average molecular weight is 370 g/mol. The molecule has 4 rings (SSSR count). The number of nitrogens with one attached hydrogen (secondary N) is 1. The molecule has 1 amide bonds. The maximum absolute atomic E-state index is 12.4. The fraction of sp³-hybridized carbons (Fsp3) is 0.316. The van der Waals surface area contributed by atoms with Gasteiger partial charge in [-0.2, -0.15) is 5.10 Å². The van der Waals surface area contributed by atoms with Gasteiger partial charge >= 0.3 is 0 Å². The molecule has 3 aromatic rings. The van der Waals surface area contributed by atoms with Crippen LogP contribution in [0.25, 0.3) is 10.9 Å². The van der Waals surface area contributed by atoms with Crippen LogP contribution in [0.5, 0.6) is 0 Å². The topological polar surface area (TPSA) is 63.1 Å². The third-order valence-electron chi connectivity index (χ3n) is 4.68. The van der Waals surface area contributed by atoms with E-state index in [2.05, 4.69) is 15.3 Å². The predicted molar refractivity (Wildman–Crippen MR) is 103 cm³/mol. The minimum absolute atomic E-state index is 0.0777. The van der Waals surface area contributed by atoms with Crippen molar-refractivity contribution >= 4 is 34.2 Å². The standard InChI is InChI=1S/C19H20ClN5O/c1-24-11-14(10-21-24)19(26)22-16-3-2-8-25(12-16)18-7-4-13-9-15(20)5-6-17(13)23-18/h4-7,9-11,16H,2-3,8,12H2,1H3,(H,22,26). The van der Waals surface area contributed by atoms with Crippen molar-refractivity contribution in [1.29, 1.82) is 0 Å². The van der Waals surface area contributed by atoms with Crippen LogP contribution in [-0.2, 0) is 7.05 Å². The Morgan fingerprint density at radius 2 is 2.19 bits per heavy atom. The highest BCUT2D eigenvalue weighted by atomic mass is 35.5. The molecule has 134 valence electrons. The van der Waals surface area contributed by atoms with E-state index in [1.165, 1.54) is 0 Å². The quantitative estimate of drug-likeness (QED) is 0.770. The van der Waals surface area contributed by atoms with E-state index in [0.29, 0.717) is 10.6 Å². The van der Waals surface area contributed by atoms with Crippen LogP contribution in [0.15, 0.2) is 42.7 Å². The molecule has 1 saturated heterocycles. The number of pyridine rings is 1. The first kappa shape index (κ1) is 16.8. The molecule has 0 radical (unpaired) electrons. The second-order valence-corrected chi connectivity index (χ2v) is 7.10. The summed E-state index contributed by atoms with van der Waals surface area (Å²) in [6, 6.07) is 9.87. The third kappa shape index (κ3) is 3.51. The molecule has 1 aliphatic heterocycles. The summed E-state index contributed by atoms with van der Waals surface area (Å²) in [5, 5.41) is 8.91. The number of halogens is 1. The van der Waals surface area contributed by atoms with Crippen LogP contribution in [-0.4, -0.2) is 39.8 Å². The van der Waals surface area contributed by atoms with E-state index in [-0.39, 0.29) is 11.9 Å². The molecule has 7 heteroatoms. The van der Waals surface area contributed by atoms with Crippen molar-refractivity contribution in [2.45, 2.75) is 18.9 Å². The highest BCUT2D eigenvalue weighted by Crippen LogP contribution is 2.23. The van der Waals surface area contributed by atoms with Crippen LogP contribution in [0.1, 0.15) is 23.2 Å². The highest BCUT2D eigenvalue weighted by molar-refractivity contribution is 6.31. The molecule has 1 N–H and O–H groups in total. The number of hydrogen-bond donors (Lipinski definition) is 1. The normalized spacial score (nSPS) is 17.5. The Labute approximate surface area is 156 Å². The third-order valence-corrected chi connectivity index (χ3v) is 4.92. The van der Waals surface area contributed by atoms with Crippen LogP contribution >= 0.6 is 11.6 Å². The number of carbonyl (C=O) groups is 1. The van der Waals surface area contributed by atoms with Gasteiger partial charge in [-0.05, 0) is 43.2 Å². The van der Waals surface area contributed by atoms with E-state index in [1.807, 2.05) is 30.3 Å². The van der Waals surface area contributed by atoms with Gasteiger partial charge in [0.15, 0.2) is 0 Å². The Morgan fingerprint density at radius 3 is 3.00 bits per heavy atom. The number of fused-ring (bicyclic) bond motifs is 1. The molecule has 1 aliphatic rings. The number of amides is 1. The molecule has 1 atom stereocenters. The van der Waals surface area contributed by atoms with Crippen molar-refractivity contribution in [2.75, 3.05) is 18.0 Å². The summed E-state index contributed by atoms with van der Waals surface area (Å²) in [6.45, 7) is 1.68. The van der Waals surface area contributed by atoms with Gasteiger partial charge in [-0.15, -0.1) is 0 Å². The molecule has 0 saturated carbocycles. The summed E-state index contributed by atoms with van der Waals surface area (Å²) in [5.74, 6) is 0.853.